The van der Waals surface area contributed by atoms with Gasteiger partial charge in [0, 0.05) is 10.5 Å². The molecule has 104 valence electrons. The van der Waals surface area contributed by atoms with Crippen molar-refractivity contribution < 1.29 is 9.53 Å². The predicted octanol–water partition coefficient (Wildman–Crippen LogP) is 2.74. The van der Waals surface area contributed by atoms with Crippen molar-refractivity contribution >= 4 is 57.6 Å². The van der Waals surface area contributed by atoms with Crippen molar-refractivity contribution in [2.75, 3.05) is 6.61 Å². The summed E-state index contributed by atoms with van der Waals surface area (Å²) in [6, 6.07) is 7.90. The lowest BCUT2D eigenvalue weighted by atomic mass is 10.2. The molecule has 2 aromatic rings. The van der Waals surface area contributed by atoms with Gasteiger partial charge in [0.1, 0.15) is 0 Å². The second-order valence-electron chi connectivity index (χ2n) is 3.89. The van der Waals surface area contributed by atoms with Gasteiger partial charge in [-0.2, -0.15) is 0 Å². The highest BCUT2D eigenvalue weighted by Crippen LogP contribution is 2.11. The number of aromatic nitrogens is 1. The fourth-order valence-corrected chi connectivity index (χ4v) is 3.19. The Morgan fingerprint density at radius 3 is 3.05 bits per heavy atom. The van der Waals surface area contributed by atoms with Crippen LogP contribution < -0.4 is 9.88 Å². The van der Waals surface area contributed by atoms with E-state index in [1.54, 1.807) is 6.92 Å². The highest BCUT2D eigenvalue weighted by Gasteiger charge is 1.98. The Morgan fingerprint density at radius 2 is 2.35 bits per heavy atom. The summed E-state index contributed by atoms with van der Waals surface area (Å²) >= 11 is 10.00. The van der Waals surface area contributed by atoms with Crippen molar-refractivity contribution in [1.82, 2.24) is 4.98 Å². The zero-order valence-corrected chi connectivity index (χ0v) is 13.9. The third kappa shape index (κ3) is 4.13. The van der Waals surface area contributed by atoms with Crippen LogP contribution >= 0.6 is 39.5 Å². The summed E-state index contributed by atoms with van der Waals surface area (Å²) in [5.41, 5.74) is 1.03. The molecule has 0 unspecified atom stereocenters. The molecule has 0 fully saturated rings. The standard InChI is InChI=1S/C14H12BrNO2S2/c1-2-18-13(17)8-11-12(20-14(19)16-11)7-9-4-3-5-10(15)6-9/h3-8H,2H2,1H3,(H,16,19)/b11-8-,12-7-. The van der Waals surface area contributed by atoms with E-state index in [9.17, 15) is 4.79 Å². The zero-order chi connectivity index (χ0) is 14.5. The van der Waals surface area contributed by atoms with E-state index >= 15 is 0 Å². The van der Waals surface area contributed by atoms with Crippen molar-refractivity contribution in [3.8, 4) is 0 Å². The fraction of sp³-hybridized carbons (Fsp3) is 0.143. The Kier molecular flexibility index (Phi) is 5.28. The van der Waals surface area contributed by atoms with Crippen molar-refractivity contribution in [3.63, 3.8) is 0 Å². The summed E-state index contributed by atoms with van der Waals surface area (Å²) in [5, 5.41) is 0.679. The van der Waals surface area contributed by atoms with Gasteiger partial charge in [0.25, 0.3) is 0 Å². The number of thiazole rings is 1. The van der Waals surface area contributed by atoms with Crippen LogP contribution in [0.15, 0.2) is 28.7 Å². The summed E-state index contributed by atoms with van der Waals surface area (Å²) in [5.74, 6) is -0.375. The Balaban J connectivity index is 2.53. The second kappa shape index (κ2) is 6.97. The summed E-state index contributed by atoms with van der Waals surface area (Å²) in [6.07, 6.45) is 3.41. The van der Waals surface area contributed by atoms with Gasteiger partial charge in [0.15, 0.2) is 3.95 Å². The van der Waals surface area contributed by atoms with Gasteiger partial charge in [-0.05, 0) is 42.9 Å². The number of halogens is 1. The lowest BCUT2D eigenvalue weighted by molar-refractivity contribution is -0.135. The smallest absolute Gasteiger partial charge is 0.332 e. The molecule has 1 aromatic carbocycles. The van der Waals surface area contributed by atoms with Crippen LogP contribution in [-0.4, -0.2) is 17.6 Å². The van der Waals surface area contributed by atoms with Crippen molar-refractivity contribution in [1.29, 1.82) is 0 Å². The molecule has 1 N–H and O–H groups in total. The van der Waals surface area contributed by atoms with E-state index in [1.807, 2.05) is 30.3 Å². The van der Waals surface area contributed by atoms with Crippen molar-refractivity contribution in [2.45, 2.75) is 6.92 Å². The van der Waals surface area contributed by atoms with Crippen LogP contribution in [0.1, 0.15) is 12.5 Å². The zero-order valence-electron chi connectivity index (χ0n) is 10.7. The van der Waals surface area contributed by atoms with Crippen LogP contribution in [0, 0.1) is 3.95 Å². The van der Waals surface area contributed by atoms with Gasteiger partial charge in [0.05, 0.1) is 16.5 Å². The summed E-state index contributed by atoms with van der Waals surface area (Å²) in [4.78, 5) is 14.5. The van der Waals surface area contributed by atoms with Gasteiger partial charge in [-0.15, -0.1) is 11.3 Å². The lowest BCUT2D eigenvalue weighted by Crippen LogP contribution is -2.23. The van der Waals surface area contributed by atoms with Crippen LogP contribution in [0.25, 0.3) is 12.2 Å². The van der Waals surface area contributed by atoms with E-state index in [2.05, 4.69) is 20.9 Å². The molecule has 0 saturated heterocycles. The minimum absolute atomic E-state index is 0.352. The maximum Gasteiger partial charge on any atom is 0.332 e. The van der Waals surface area contributed by atoms with E-state index in [1.165, 1.54) is 17.4 Å². The average Bonchev–Trinajstić information content (AvgIpc) is 2.69. The van der Waals surface area contributed by atoms with E-state index in [0.29, 0.717) is 15.9 Å². The van der Waals surface area contributed by atoms with Crippen molar-refractivity contribution in [2.24, 2.45) is 0 Å². The first-order valence-corrected chi connectivity index (χ1v) is 7.95. The molecule has 0 aliphatic rings. The minimum Gasteiger partial charge on any atom is -0.463 e. The number of aromatic amines is 1. The number of H-pyrrole nitrogens is 1. The summed E-state index contributed by atoms with van der Waals surface area (Å²) in [7, 11) is 0. The molecule has 20 heavy (non-hydrogen) atoms. The number of ether oxygens (including phenoxy) is 1. The number of hydrogen-bond acceptors (Lipinski definition) is 4. The number of hydrogen-bond donors (Lipinski definition) is 1. The monoisotopic (exact) mass is 369 g/mol. The highest BCUT2D eigenvalue weighted by molar-refractivity contribution is 9.10. The molecule has 6 heteroatoms. The van der Waals surface area contributed by atoms with Crippen LogP contribution in [0.5, 0.6) is 0 Å². The summed E-state index contributed by atoms with van der Waals surface area (Å²) in [6.45, 7) is 2.13. The maximum absolute atomic E-state index is 11.5. The first-order valence-electron chi connectivity index (χ1n) is 5.93. The highest BCUT2D eigenvalue weighted by atomic mass is 79.9. The minimum atomic E-state index is -0.375. The van der Waals surface area contributed by atoms with Crippen LogP contribution in [-0.2, 0) is 9.53 Å². The molecule has 0 atom stereocenters. The Labute approximate surface area is 133 Å². The maximum atomic E-state index is 11.5. The molecule has 0 aliphatic carbocycles. The number of carbonyl (C=O) groups excluding carboxylic acids is 1. The number of benzene rings is 1. The molecule has 0 aliphatic heterocycles. The molecular weight excluding hydrogens is 358 g/mol. The van der Waals surface area contributed by atoms with Gasteiger partial charge in [-0.1, -0.05) is 28.1 Å². The summed E-state index contributed by atoms with van der Waals surface area (Å²) < 4.78 is 7.45. The number of rotatable bonds is 3. The number of nitrogens with one attached hydrogen (secondary N) is 1. The molecule has 0 bridgehead atoms. The van der Waals surface area contributed by atoms with Crippen LogP contribution in [0.2, 0.25) is 0 Å². The first-order chi connectivity index (χ1) is 9.58. The molecule has 0 saturated carbocycles. The normalized spacial score (nSPS) is 12.7. The lowest BCUT2D eigenvalue weighted by Gasteiger charge is -1.94. The van der Waals surface area contributed by atoms with Gasteiger partial charge >= 0.3 is 5.97 Å². The second-order valence-corrected chi connectivity index (χ2v) is 6.52. The molecule has 2 rings (SSSR count). The SMILES string of the molecule is CCOC(=O)/C=c1\[nH]c(=S)s\c1=C/c1cccc(Br)c1. The van der Waals surface area contributed by atoms with E-state index in [0.717, 1.165) is 14.6 Å². The molecule has 1 aromatic heterocycles. The molecule has 0 radical (unpaired) electrons. The van der Waals surface area contributed by atoms with Crippen LogP contribution in [0.3, 0.4) is 0 Å². The van der Waals surface area contributed by atoms with E-state index in [4.69, 9.17) is 17.0 Å². The van der Waals surface area contributed by atoms with Crippen LogP contribution in [0.4, 0.5) is 0 Å². The third-order valence-electron chi connectivity index (χ3n) is 2.40. The van der Waals surface area contributed by atoms with Gasteiger partial charge in [-0.3, -0.25) is 0 Å². The largest absolute Gasteiger partial charge is 0.463 e. The van der Waals surface area contributed by atoms with Gasteiger partial charge < -0.3 is 9.72 Å². The Bertz CT molecular complexity index is 792. The molecule has 1 heterocycles. The van der Waals surface area contributed by atoms with Gasteiger partial charge in [0.2, 0.25) is 0 Å². The predicted molar refractivity (Wildman–Crippen MR) is 87.6 cm³/mol. The topological polar surface area (TPSA) is 42.1 Å². The molecule has 0 spiro atoms. The molecule has 0 amide bonds. The van der Waals surface area contributed by atoms with Crippen molar-refractivity contribution in [3.05, 3.63) is 48.1 Å². The van der Waals surface area contributed by atoms with E-state index in [-0.39, 0.29) is 5.97 Å². The first kappa shape index (κ1) is 15.2. The third-order valence-corrected chi connectivity index (χ3v) is 4.09. The van der Waals surface area contributed by atoms with E-state index < -0.39 is 0 Å². The Hall–Kier alpha value is -1.24. The number of esters is 1. The molecular formula is C14H12BrNO2S2. The average molecular weight is 370 g/mol. The number of carbonyl (C=O) groups is 1. The fourth-order valence-electron chi connectivity index (χ4n) is 1.62. The Morgan fingerprint density at radius 1 is 1.55 bits per heavy atom. The molecule has 3 nitrogen and oxygen atoms in total. The quantitative estimate of drug-likeness (QED) is 0.667. The van der Waals surface area contributed by atoms with Gasteiger partial charge in [-0.25, -0.2) is 4.79 Å².